The fourth-order valence-corrected chi connectivity index (χ4v) is 2.81. The monoisotopic (exact) mass is 379 g/mol. The van der Waals surface area contributed by atoms with Gasteiger partial charge in [0.05, 0.1) is 35.4 Å². The zero-order valence-corrected chi connectivity index (χ0v) is 16.1. The lowest BCUT2D eigenvalue weighted by atomic mass is 9.85. The number of rotatable bonds is 4. The summed E-state index contributed by atoms with van der Waals surface area (Å²) in [5.41, 5.74) is 1.45. The third-order valence-electron chi connectivity index (χ3n) is 4.29. The zero-order valence-electron chi connectivity index (χ0n) is 16.1. The molecular weight excluding hydrogens is 358 g/mol. The molecule has 0 aliphatic carbocycles. The number of nitriles is 1. The molecule has 2 N–H and O–H groups in total. The van der Waals surface area contributed by atoms with Gasteiger partial charge in [0.25, 0.3) is 0 Å². The molecule has 0 saturated carbocycles. The molecule has 0 bridgehead atoms. The summed E-state index contributed by atoms with van der Waals surface area (Å²) in [4.78, 5) is 22.9. The van der Waals surface area contributed by atoms with Crippen LogP contribution >= 0.6 is 0 Å². The minimum Gasteiger partial charge on any atom is -0.493 e. The molecule has 0 spiro atoms. The van der Waals surface area contributed by atoms with Gasteiger partial charge < -0.3 is 14.8 Å². The number of imidazole rings is 1. The van der Waals surface area contributed by atoms with E-state index in [9.17, 15) is 9.90 Å². The Morgan fingerprint density at radius 1 is 1.29 bits per heavy atom. The Kier molecular flexibility index (Phi) is 4.92. The van der Waals surface area contributed by atoms with E-state index in [1.165, 1.54) is 12.4 Å². The highest BCUT2D eigenvalue weighted by molar-refractivity contribution is 5.46. The molecule has 2 aromatic heterocycles. The van der Waals surface area contributed by atoms with Crippen LogP contribution < -0.4 is 10.4 Å². The predicted molar refractivity (Wildman–Crippen MR) is 103 cm³/mol. The standard InChI is InChI=1S/C20H21N5O3/c1-5-15-17(26)25(19(27)24-15)13-10-22-18(23-11-13)28-16-7-6-12(9-21)8-14(16)20(2,3)4/h6-8,10-11,26H,5H2,1-4H3,(H,24,27). The molecule has 0 saturated heterocycles. The van der Waals surface area contributed by atoms with E-state index in [-0.39, 0.29) is 17.3 Å². The molecule has 2 heterocycles. The van der Waals surface area contributed by atoms with Crippen LogP contribution in [-0.2, 0) is 11.8 Å². The Morgan fingerprint density at radius 3 is 2.50 bits per heavy atom. The van der Waals surface area contributed by atoms with Crippen molar-refractivity contribution >= 4 is 0 Å². The van der Waals surface area contributed by atoms with E-state index in [1.54, 1.807) is 18.2 Å². The van der Waals surface area contributed by atoms with Gasteiger partial charge in [-0.15, -0.1) is 0 Å². The first-order valence-electron chi connectivity index (χ1n) is 8.82. The normalized spacial score (nSPS) is 11.2. The van der Waals surface area contributed by atoms with Crippen LogP contribution in [-0.4, -0.2) is 24.6 Å². The van der Waals surface area contributed by atoms with Crippen molar-refractivity contribution < 1.29 is 9.84 Å². The van der Waals surface area contributed by atoms with Crippen molar-refractivity contribution in [2.45, 2.75) is 39.5 Å². The maximum absolute atomic E-state index is 12.0. The Balaban J connectivity index is 1.93. The van der Waals surface area contributed by atoms with Gasteiger partial charge in [0.15, 0.2) is 0 Å². The molecule has 8 nitrogen and oxygen atoms in total. The highest BCUT2D eigenvalue weighted by Crippen LogP contribution is 2.34. The van der Waals surface area contributed by atoms with Crippen LogP contribution in [0.25, 0.3) is 5.69 Å². The average Bonchev–Trinajstić information content (AvgIpc) is 2.95. The van der Waals surface area contributed by atoms with Crippen molar-refractivity contribution in [2.75, 3.05) is 0 Å². The number of benzene rings is 1. The Labute approximate surface area is 162 Å². The van der Waals surface area contributed by atoms with E-state index in [4.69, 9.17) is 10.00 Å². The summed E-state index contributed by atoms with van der Waals surface area (Å²) >= 11 is 0. The van der Waals surface area contributed by atoms with Gasteiger partial charge in [0.1, 0.15) is 5.75 Å². The van der Waals surface area contributed by atoms with Crippen molar-refractivity contribution in [3.05, 3.63) is 57.9 Å². The fraction of sp³-hybridized carbons (Fsp3) is 0.300. The number of nitrogens with zero attached hydrogens (tertiary/aromatic N) is 4. The highest BCUT2D eigenvalue weighted by Gasteiger charge is 2.21. The Bertz CT molecular complexity index is 1100. The van der Waals surface area contributed by atoms with E-state index < -0.39 is 5.69 Å². The van der Waals surface area contributed by atoms with Crippen molar-refractivity contribution in [1.29, 1.82) is 5.26 Å². The zero-order chi connectivity index (χ0) is 20.5. The van der Waals surface area contributed by atoms with Gasteiger partial charge >= 0.3 is 11.7 Å². The largest absolute Gasteiger partial charge is 0.493 e. The number of nitrogens with one attached hydrogen (secondary N) is 1. The van der Waals surface area contributed by atoms with E-state index >= 15 is 0 Å². The molecule has 0 fully saturated rings. The molecular formula is C20H21N5O3. The lowest BCUT2D eigenvalue weighted by Gasteiger charge is -2.22. The first kappa shape index (κ1) is 19.2. The van der Waals surface area contributed by atoms with Crippen LogP contribution in [0.5, 0.6) is 17.6 Å². The summed E-state index contributed by atoms with van der Waals surface area (Å²) < 4.78 is 6.93. The van der Waals surface area contributed by atoms with Crippen molar-refractivity contribution in [3.63, 3.8) is 0 Å². The summed E-state index contributed by atoms with van der Waals surface area (Å²) in [6, 6.07) is 7.39. The summed E-state index contributed by atoms with van der Waals surface area (Å²) in [7, 11) is 0. The van der Waals surface area contributed by atoms with Gasteiger partial charge in [-0.3, -0.25) is 0 Å². The number of H-pyrrole nitrogens is 1. The molecule has 1 aromatic carbocycles. The first-order chi connectivity index (χ1) is 13.2. The third kappa shape index (κ3) is 3.60. The molecule has 0 atom stereocenters. The van der Waals surface area contributed by atoms with Crippen molar-refractivity contribution in [3.8, 4) is 29.4 Å². The minimum atomic E-state index is -0.464. The molecule has 0 aliphatic heterocycles. The minimum absolute atomic E-state index is 0.0951. The number of aromatic amines is 1. The van der Waals surface area contributed by atoms with Crippen LogP contribution in [0.1, 0.15) is 44.5 Å². The molecule has 0 aliphatic rings. The molecule has 0 unspecified atom stereocenters. The molecule has 28 heavy (non-hydrogen) atoms. The number of aryl methyl sites for hydroxylation is 1. The third-order valence-corrected chi connectivity index (χ3v) is 4.29. The SMILES string of the molecule is CCc1[nH]c(=O)n(-c2cnc(Oc3ccc(C#N)cc3C(C)(C)C)nc2)c1O. The van der Waals surface area contributed by atoms with E-state index in [2.05, 4.69) is 21.0 Å². The summed E-state index contributed by atoms with van der Waals surface area (Å²) in [5.74, 6) is 0.390. The van der Waals surface area contributed by atoms with Crippen LogP contribution in [0.2, 0.25) is 0 Å². The van der Waals surface area contributed by atoms with Gasteiger partial charge in [-0.25, -0.2) is 19.3 Å². The first-order valence-corrected chi connectivity index (χ1v) is 8.82. The summed E-state index contributed by atoms with van der Waals surface area (Å²) in [6.07, 6.45) is 3.29. The summed E-state index contributed by atoms with van der Waals surface area (Å²) in [6.45, 7) is 7.89. The van der Waals surface area contributed by atoms with Crippen molar-refractivity contribution in [2.24, 2.45) is 0 Å². The van der Waals surface area contributed by atoms with Crippen molar-refractivity contribution in [1.82, 2.24) is 19.5 Å². The Hall–Kier alpha value is -3.60. The summed E-state index contributed by atoms with van der Waals surface area (Å²) in [5, 5.41) is 19.3. The lowest BCUT2D eigenvalue weighted by Crippen LogP contribution is -2.15. The topological polar surface area (TPSA) is 117 Å². The molecule has 0 amide bonds. The van der Waals surface area contributed by atoms with Gasteiger partial charge in [-0.2, -0.15) is 5.26 Å². The predicted octanol–water partition coefficient (Wildman–Crippen LogP) is 3.19. The number of hydrogen-bond donors (Lipinski definition) is 2. The van der Waals surface area contributed by atoms with E-state index in [0.717, 1.165) is 10.1 Å². The van der Waals surface area contributed by atoms with Crippen LogP contribution in [0, 0.1) is 11.3 Å². The number of aromatic nitrogens is 4. The number of ether oxygens (including phenoxy) is 1. The lowest BCUT2D eigenvalue weighted by molar-refractivity contribution is 0.419. The maximum atomic E-state index is 12.0. The van der Waals surface area contributed by atoms with Gasteiger partial charge in [-0.1, -0.05) is 27.7 Å². The average molecular weight is 379 g/mol. The molecule has 3 rings (SSSR count). The second kappa shape index (κ2) is 7.19. The van der Waals surface area contributed by atoms with Gasteiger partial charge in [-0.05, 0) is 30.0 Å². The molecule has 8 heteroatoms. The molecule has 144 valence electrons. The molecule has 3 aromatic rings. The molecule has 0 radical (unpaired) electrons. The number of aromatic hydroxyl groups is 1. The van der Waals surface area contributed by atoms with Gasteiger partial charge in [0.2, 0.25) is 5.88 Å². The van der Waals surface area contributed by atoms with E-state index in [0.29, 0.717) is 29.1 Å². The smallest absolute Gasteiger partial charge is 0.333 e. The highest BCUT2D eigenvalue weighted by atomic mass is 16.5. The quantitative estimate of drug-likeness (QED) is 0.719. The number of hydrogen-bond acceptors (Lipinski definition) is 6. The fourth-order valence-electron chi connectivity index (χ4n) is 2.81. The van der Waals surface area contributed by atoms with Crippen LogP contribution in [0.4, 0.5) is 0 Å². The second-order valence-electron chi connectivity index (χ2n) is 7.32. The Morgan fingerprint density at radius 2 is 1.96 bits per heavy atom. The van der Waals surface area contributed by atoms with Gasteiger partial charge in [0, 0.05) is 5.56 Å². The second-order valence-corrected chi connectivity index (χ2v) is 7.32. The van der Waals surface area contributed by atoms with Crippen LogP contribution in [0.15, 0.2) is 35.4 Å². The van der Waals surface area contributed by atoms with E-state index in [1.807, 2.05) is 27.7 Å². The van der Waals surface area contributed by atoms with Crippen LogP contribution in [0.3, 0.4) is 0 Å². The maximum Gasteiger partial charge on any atom is 0.333 e.